The number of nitrogens with one attached hydrogen (secondary N) is 1. The van der Waals surface area contributed by atoms with Crippen LogP contribution in [-0.4, -0.2) is 26.6 Å². The van der Waals surface area contributed by atoms with Crippen LogP contribution in [0.4, 0.5) is 0 Å². The molecule has 0 spiro atoms. The van der Waals surface area contributed by atoms with Crippen molar-refractivity contribution < 1.29 is 0 Å². The number of aromatic amines is 1. The standard InChI is InChI=1S/C15H16ClN5/c16-13-5-4-11(12(7-13)8-17)9-21-6-2-1-3-14(21)15-18-10-19-20-15/h4-5,7,10,14H,1-3,6,9H2,(H,18,19,20). The number of likely N-dealkylation sites (tertiary alicyclic amines) is 1. The molecule has 1 aromatic carbocycles. The lowest BCUT2D eigenvalue weighted by molar-refractivity contribution is 0.134. The van der Waals surface area contributed by atoms with E-state index < -0.39 is 0 Å². The van der Waals surface area contributed by atoms with Gasteiger partial charge in [0.2, 0.25) is 0 Å². The maximum absolute atomic E-state index is 9.27. The van der Waals surface area contributed by atoms with Crippen LogP contribution in [0.3, 0.4) is 0 Å². The number of piperidine rings is 1. The number of hydrogen-bond donors (Lipinski definition) is 1. The Bertz CT molecular complexity index is 647. The molecule has 1 unspecified atom stereocenters. The van der Waals surface area contributed by atoms with E-state index >= 15 is 0 Å². The summed E-state index contributed by atoms with van der Waals surface area (Å²) < 4.78 is 0. The SMILES string of the molecule is N#Cc1cc(Cl)ccc1CN1CCCCC1c1ncn[nH]1. The molecule has 0 radical (unpaired) electrons. The van der Waals surface area contributed by atoms with Gasteiger partial charge in [0.1, 0.15) is 12.2 Å². The fourth-order valence-electron chi connectivity index (χ4n) is 2.87. The number of hydrogen-bond acceptors (Lipinski definition) is 4. The predicted octanol–water partition coefficient (Wildman–Crippen LogP) is 3.06. The third kappa shape index (κ3) is 3.07. The smallest absolute Gasteiger partial charge is 0.141 e. The number of benzene rings is 1. The topological polar surface area (TPSA) is 68.6 Å². The molecule has 6 heteroatoms. The zero-order valence-electron chi connectivity index (χ0n) is 11.6. The van der Waals surface area contributed by atoms with Crippen LogP contribution in [0.15, 0.2) is 24.5 Å². The summed E-state index contributed by atoms with van der Waals surface area (Å²) in [6, 6.07) is 7.97. The highest BCUT2D eigenvalue weighted by Crippen LogP contribution is 2.30. The third-order valence-corrected chi connectivity index (χ3v) is 4.16. The molecule has 1 N–H and O–H groups in total. The molecule has 1 saturated heterocycles. The molecular formula is C15H16ClN5. The molecule has 108 valence electrons. The maximum Gasteiger partial charge on any atom is 0.141 e. The Balaban J connectivity index is 1.84. The third-order valence-electron chi connectivity index (χ3n) is 3.93. The second kappa shape index (κ2) is 6.25. The van der Waals surface area contributed by atoms with E-state index in [1.54, 1.807) is 12.4 Å². The Morgan fingerprint density at radius 3 is 3.10 bits per heavy atom. The summed E-state index contributed by atoms with van der Waals surface area (Å²) in [6.07, 6.45) is 4.96. The van der Waals surface area contributed by atoms with Crippen LogP contribution in [-0.2, 0) is 6.54 Å². The Morgan fingerprint density at radius 1 is 1.43 bits per heavy atom. The Hall–Kier alpha value is -1.90. The first-order chi connectivity index (χ1) is 10.3. The van der Waals surface area contributed by atoms with Crippen LogP contribution in [0.1, 0.15) is 42.3 Å². The minimum atomic E-state index is 0.239. The van der Waals surface area contributed by atoms with Gasteiger partial charge < -0.3 is 0 Å². The van der Waals surface area contributed by atoms with Gasteiger partial charge in [0.05, 0.1) is 17.7 Å². The van der Waals surface area contributed by atoms with Gasteiger partial charge in [-0.15, -0.1) is 0 Å². The van der Waals surface area contributed by atoms with E-state index in [1.165, 1.54) is 12.8 Å². The summed E-state index contributed by atoms with van der Waals surface area (Å²) in [7, 11) is 0. The van der Waals surface area contributed by atoms with Crippen molar-refractivity contribution in [3.05, 3.63) is 46.5 Å². The molecule has 2 heterocycles. The number of aromatic nitrogens is 3. The molecule has 1 aliphatic rings. The summed E-state index contributed by atoms with van der Waals surface area (Å²) in [5.74, 6) is 0.905. The van der Waals surface area contributed by atoms with E-state index in [1.807, 2.05) is 12.1 Å². The molecule has 0 saturated carbocycles. The molecule has 0 bridgehead atoms. The van der Waals surface area contributed by atoms with Crippen LogP contribution in [0, 0.1) is 11.3 Å². The second-order valence-corrected chi connectivity index (χ2v) is 5.70. The molecule has 3 rings (SSSR count). The number of H-pyrrole nitrogens is 1. The quantitative estimate of drug-likeness (QED) is 0.946. The maximum atomic E-state index is 9.27. The van der Waals surface area contributed by atoms with Gasteiger partial charge in [-0.3, -0.25) is 10.00 Å². The zero-order valence-corrected chi connectivity index (χ0v) is 12.3. The van der Waals surface area contributed by atoms with Crippen molar-refractivity contribution in [3.63, 3.8) is 0 Å². The highest BCUT2D eigenvalue weighted by Gasteiger charge is 2.26. The number of nitriles is 1. The van der Waals surface area contributed by atoms with Crippen molar-refractivity contribution in [1.29, 1.82) is 5.26 Å². The summed E-state index contributed by atoms with van der Waals surface area (Å²) in [5, 5.41) is 16.8. The fraction of sp³-hybridized carbons (Fsp3) is 0.400. The summed E-state index contributed by atoms with van der Waals surface area (Å²) in [5.41, 5.74) is 1.65. The van der Waals surface area contributed by atoms with E-state index in [2.05, 4.69) is 26.2 Å². The predicted molar refractivity (Wildman–Crippen MR) is 79.6 cm³/mol. The number of nitrogens with zero attached hydrogens (tertiary/aromatic N) is 4. The largest absolute Gasteiger partial charge is 0.289 e. The fourth-order valence-corrected chi connectivity index (χ4v) is 3.05. The minimum absolute atomic E-state index is 0.239. The van der Waals surface area contributed by atoms with Gasteiger partial charge in [-0.2, -0.15) is 10.4 Å². The molecule has 1 atom stereocenters. The average molecular weight is 302 g/mol. The molecule has 1 aliphatic heterocycles. The minimum Gasteiger partial charge on any atom is -0.289 e. The summed E-state index contributed by atoms with van der Waals surface area (Å²) >= 11 is 5.96. The summed E-state index contributed by atoms with van der Waals surface area (Å²) in [4.78, 5) is 6.65. The van der Waals surface area contributed by atoms with Crippen molar-refractivity contribution >= 4 is 11.6 Å². The van der Waals surface area contributed by atoms with Gasteiger partial charge >= 0.3 is 0 Å². The van der Waals surface area contributed by atoms with Gasteiger partial charge in [-0.25, -0.2) is 4.98 Å². The van der Waals surface area contributed by atoms with E-state index in [0.29, 0.717) is 10.6 Å². The number of rotatable bonds is 3. The Kier molecular flexibility index (Phi) is 4.18. The highest BCUT2D eigenvalue weighted by molar-refractivity contribution is 6.30. The highest BCUT2D eigenvalue weighted by atomic mass is 35.5. The van der Waals surface area contributed by atoms with Crippen molar-refractivity contribution in [3.8, 4) is 6.07 Å². The normalized spacial score (nSPS) is 19.3. The monoisotopic (exact) mass is 301 g/mol. The van der Waals surface area contributed by atoms with Crippen molar-refractivity contribution in [1.82, 2.24) is 20.1 Å². The molecule has 0 amide bonds. The van der Waals surface area contributed by atoms with Crippen LogP contribution in [0.2, 0.25) is 5.02 Å². The van der Waals surface area contributed by atoms with Crippen LogP contribution < -0.4 is 0 Å². The van der Waals surface area contributed by atoms with Gasteiger partial charge in [-0.05, 0) is 37.1 Å². The lowest BCUT2D eigenvalue weighted by Crippen LogP contribution is -2.33. The van der Waals surface area contributed by atoms with E-state index in [9.17, 15) is 5.26 Å². The van der Waals surface area contributed by atoms with E-state index in [4.69, 9.17) is 11.6 Å². The summed E-state index contributed by atoms with van der Waals surface area (Å²) in [6.45, 7) is 1.73. The Labute approximate surface area is 128 Å². The molecule has 1 aromatic heterocycles. The Morgan fingerprint density at radius 2 is 2.33 bits per heavy atom. The van der Waals surface area contributed by atoms with E-state index in [-0.39, 0.29) is 6.04 Å². The lowest BCUT2D eigenvalue weighted by Gasteiger charge is -2.34. The lowest BCUT2D eigenvalue weighted by atomic mass is 9.99. The number of halogens is 1. The van der Waals surface area contributed by atoms with Crippen molar-refractivity contribution in [2.45, 2.75) is 31.8 Å². The van der Waals surface area contributed by atoms with Gasteiger partial charge in [0, 0.05) is 11.6 Å². The van der Waals surface area contributed by atoms with Crippen molar-refractivity contribution in [2.24, 2.45) is 0 Å². The van der Waals surface area contributed by atoms with Gasteiger partial charge in [0.15, 0.2) is 0 Å². The zero-order chi connectivity index (χ0) is 14.7. The van der Waals surface area contributed by atoms with Crippen LogP contribution >= 0.6 is 11.6 Å². The van der Waals surface area contributed by atoms with E-state index in [0.717, 1.165) is 30.9 Å². The molecule has 21 heavy (non-hydrogen) atoms. The first kappa shape index (κ1) is 14.1. The second-order valence-electron chi connectivity index (χ2n) is 5.27. The first-order valence-corrected chi connectivity index (χ1v) is 7.43. The van der Waals surface area contributed by atoms with Gasteiger partial charge in [0.25, 0.3) is 0 Å². The molecule has 1 fully saturated rings. The molecular weight excluding hydrogens is 286 g/mol. The van der Waals surface area contributed by atoms with Crippen LogP contribution in [0.25, 0.3) is 0 Å². The van der Waals surface area contributed by atoms with Gasteiger partial charge in [-0.1, -0.05) is 24.1 Å². The van der Waals surface area contributed by atoms with Crippen LogP contribution in [0.5, 0.6) is 0 Å². The molecule has 2 aromatic rings. The van der Waals surface area contributed by atoms with Crippen molar-refractivity contribution in [2.75, 3.05) is 6.54 Å². The molecule has 5 nitrogen and oxygen atoms in total. The first-order valence-electron chi connectivity index (χ1n) is 7.06. The average Bonchev–Trinajstić information content (AvgIpc) is 3.03. The molecule has 0 aliphatic carbocycles.